The van der Waals surface area contributed by atoms with Crippen LogP contribution in [0, 0.1) is 0 Å². The van der Waals surface area contributed by atoms with Crippen LogP contribution in [0.3, 0.4) is 0 Å². The van der Waals surface area contributed by atoms with E-state index in [0.717, 1.165) is 57.5 Å². The maximum absolute atomic E-state index is 13.0. The van der Waals surface area contributed by atoms with Crippen LogP contribution in [0.15, 0.2) is 23.1 Å². The van der Waals surface area contributed by atoms with Crippen LogP contribution < -0.4 is 10.2 Å². The van der Waals surface area contributed by atoms with Crippen LogP contribution in [-0.2, 0) is 14.8 Å². The summed E-state index contributed by atoms with van der Waals surface area (Å²) in [5, 5.41) is 2.97. The third kappa shape index (κ3) is 5.10. The minimum atomic E-state index is -3.62. The van der Waals surface area contributed by atoms with Gasteiger partial charge in [-0.3, -0.25) is 4.79 Å². The molecule has 7 nitrogen and oxygen atoms in total. The molecule has 0 spiro atoms. The van der Waals surface area contributed by atoms with Gasteiger partial charge in [0.05, 0.1) is 16.6 Å². The van der Waals surface area contributed by atoms with E-state index in [2.05, 4.69) is 10.2 Å². The Hall–Kier alpha value is -1.64. The highest BCUT2D eigenvalue weighted by Crippen LogP contribution is 2.28. The molecule has 29 heavy (non-hydrogen) atoms. The zero-order valence-electron chi connectivity index (χ0n) is 17.5. The summed E-state index contributed by atoms with van der Waals surface area (Å²) in [6, 6.07) is 4.96. The molecule has 1 N–H and O–H groups in total. The summed E-state index contributed by atoms with van der Waals surface area (Å²) in [5.41, 5.74) is 1.25. The largest absolute Gasteiger partial charge is 0.378 e. The first-order valence-electron chi connectivity index (χ1n) is 10.8. The van der Waals surface area contributed by atoms with Crippen molar-refractivity contribution in [2.45, 2.75) is 57.0 Å². The molecule has 0 aromatic heterocycles. The van der Waals surface area contributed by atoms with Crippen LogP contribution in [0.1, 0.15) is 56.3 Å². The molecule has 1 amide bonds. The SMILES string of the molecule is CCN(CC)S(=O)(=O)c1ccc(N2CCCC2)c(C(=O)NCCC2CCCO2)c1. The quantitative estimate of drug-likeness (QED) is 0.661. The van der Waals surface area contributed by atoms with Gasteiger partial charge in [-0.1, -0.05) is 13.8 Å². The second-order valence-corrected chi connectivity index (χ2v) is 9.58. The molecule has 1 atom stereocenters. The van der Waals surface area contributed by atoms with Crippen LogP contribution in [0.2, 0.25) is 0 Å². The molecule has 8 heteroatoms. The minimum Gasteiger partial charge on any atom is -0.378 e. The molecule has 162 valence electrons. The average Bonchev–Trinajstić information content (AvgIpc) is 3.42. The highest BCUT2D eigenvalue weighted by atomic mass is 32.2. The zero-order valence-corrected chi connectivity index (χ0v) is 18.3. The normalized spacial score (nSPS) is 19.8. The van der Waals surface area contributed by atoms with Crippen LogP contribution in [0.5, 0.6) is 0 Å². The first kappa shape index (κ1) is 22.1. The van der Waals surface area contributed by atoms with E-state index < -0.39 is 10.0 Å². The third-order valence-electron chi connectivity index (χ3n) is 5.78. The van der Waals surface area contributed by atoms with Crippen LogP contribution in [-0.4, -0.2) is 64.1 Å². The van der Waals surface area contributed by atoms with E-state index in [1.165, 1.54) is 4.31 Å². The predicted molar refractivity (Wildman–Crippen MR) is 114 cm³/mol. The topological polar surface area (TPSA) is 79.0 Å². The van der Waals surface area contributed by atoms with Crippen molar-refractivity contribution in [2.24, 2.45) is 0 Å². The number of benzene rings is 1. The van der Waals surface area contributed by atoms with Crippen molar-refractivity contribution in [1.29, 1.82) is 0 Å². The average molecular weight is 424 g/mol. The molecule has 3 rings (SSSR count). The molecular formula is C21H33N3O4S. The number of hydrogen-bond donors (Lipinski definition) is 1. The number of ether oxygens (including phenoxy) is 1. The van der Waals surface area contributed by atoms with Crippen molar-refractivity contribution >= 4 is 21.6 Å². The van der Waals surface area contributed by atoms with Gasteiger partial charge in [-0.15, -0.1) is 0 Å². The fourth-order valence-corrected chi connectivity index (χ4v) is 5.60. The second-order valence-electron chi connectivity index (χ2n) is 7.64. The predicted octanol–water partition coefficient (Wildman–Crippen LogP) is 2.62. The number of nitrogens with zero attached hydrogens (tertiary/aromatic N) is 2. The molecule has 1 aromatic rings. The molecule has 0 radical (unpaired) electrons. The number of nitrogens with one attached hydrogen (secondary N) is 1. The van der Waals surface area contributed by atoms with Crippen molar-refractivity contribution in [3.8, 4) is 0 Å². The molecule has 2 aliphatic rings. The van der Waals surface area contributed by atoms with Gasteiger partial charge in [0.15, 0.2) is 0 Å². The van der Waals surface area contributed by atoms with Crippen LogP contribution in [0.25, 0.3) is 0 Å². The van der Waals surface area contributed by atoms with Gasteiger partial charge in [0.1, 0.15) is 0 Å². The van der Waals surface area contributed by atoms with E-state index in [0.29, 0.717) is 25.2 Å². The van der Waals surface area contributed by atoms with Gasteiger partial charge in [0.25, 0.3) is 5.91 Å². The number of rotatable bonds is 9. The van der Waals surface area contributed by atoms with Gasteiger partial charge in [-0.25, -0.2) is 8.42 Å². The summed E-state index contributed by atoms with van der Waals surface area (Å²) in [6.45, 7) is 7.53. The van der Waals surface area contributed by atoms with Crippen molar-refractivity contribution in [2.75, 3.05) is 44.2 Å². The lowest BCUT2D eigenvalue weighted by molar-refractivity contribution is 0.0907. The lowest BCUT2D eigenvalue weighted by Gasteiger charge is -2.23. The van der Waals surface area contributed by atoms with Crippen molar-refractivity contribution in [3.63, 3.8) is 0 Å². The van der Waals surface area contributed by atoms with Gasteiger partial charge in [0, 0.05) is 45.0 Å². The molecule has 0 bridgehead atoms. The van der Waals surface area contributed by atoms with Gasteiger partial charge in [0.2, 0.25) is 10.0 Å². The fourth-order valence-electron chi connectivity index (χ4n) is 4.12. The number of carbonyl (C=O) groups excluding carboxylic acids is 1. The number of amides is 1. The zero-order chi connectivity index (χ0) is 20.9. The van der Waals surface area contributed by atoms with E-state index in [9.17, 15) is 13.2 Å². The number of sulfonamides is 1. The number of anilines is 1. The van der Waals surface area contributed by atoms with Crippen LogP contribution in [0.4, 0.5) is 5.69 Å². The molecule has 2 saturated heterocycles. The Labute approximate surface area is 174 Å². The first-order chi connectivity index (χ1) is 14.0. The summed E-state index contributed by atoms with van der Waals surface area (Å²) in [5.74, 6) is -0.221. The Bertz CT molecular complexity index is 796. The Morgan fingerprint density at radius 2 is 1.93 bits per heavy atom. The summed E-state index contributed by atoms with van der Waals surface area (Å²) >= 11 is 0. The van der Waals surface area contributed by atoms with E-state index in [4.69, 9.17) is 4.74 Å². The lowest BCUT2D eigenvalue weighted by atomic mass is 10.1. The minimum absolute atomic E-state index is 0.174. The van der Waals surface area contributed by atoms with Gasteiger partial charge in [-0.2, -0.15) is 4.31 Å². The van der Waals surface area contributed by atoms with E-state index in [-0.39, 0.29) is 16.9 Å². The number of hydrogen-bond acceptors (Lipinski definition) is 5. The summed E-state index contributed by atoms with van der Waals surface area (Å²) in [4.78, 5) is 15.3. The van der Waals surface area contributed by atoms with Crippen molar-refractivity contribution < 1.29 is 17.9 Å². The molecule has 1 aromatic carbocycles. The van der Waals surface area contributed by atoms with Gasteiger partial charge >= 0.3 is 0 Å². The molecule has 0 aliphatic carbocycles. The molecular weight excluding hydrogens is 390 g/mol. The maximum atomic E-state index is 13.0. The monoisotopic (exact) mass is 423 g/mol. The van der Waals surface area contributed by atoms with Crippen molar-refractivity contribution in [1.82, 2.24) is 9.62 Å². The smallest absolute Gasteiger partial charge is 0.253 e. The van der Waals surface area contributed by atoms with Gasteiger partial charge in [-0.05, 0) is 50.3 Å². The van der Waals surface area contributed by atoms with Crippen molar-refractivity contribution in [3.05, 3.63) is 23.8 Å². The standard InChI is InChI=1S/C21H33N3O4S/c1-3-24(4-2)29(26,27)18-9-10-20(23-13-5-6-14-23)19(16-18)21(25)22-12-11-17-8-7-15-28-17/h9-10,16-17H,3-8,11-15H2,1-2H3,(H,22,25). The number of carbonyl (C=O) groups is 1. The molecule has 1 unspecified atom stereocenters. The molecule has 2 fully saturated rings. The maximum Gasteiger partial charge on any atom is 0.253 e. The van der Waals surface area contributed by atoms with Crippen LogP contribution >= 0.6 is 0 Å². The lowest BCUT2D eigenvalue weighted by Crippen LogP contribution is -2.32. The Morgan fingerprint density at radius 3 is 2.55 bits per heavy atom. The van der Waals surface area contributed by atoms with E-state index in [1.54, 1.807) is 18.2 Å². The highest BCUT2D eigenvalue weighted by molar-refractivity contribution is 7.89. The van der Waals surface area contributed by atoms with E-state index >= 15 is 0 Å². The first-order valence-corrected chi connectivity index (χ1v) is 12.2. The fraction of sp³-hybridized carbons (Fsp3) is 0.667. The Kier molecular flexibility index (Phi) is 7.54. The van der Waals surface area contributed by atoms with Gasteiger partial charge < -0.3 is 15.0 Å². The summed E-state index contributed by atoms with van der Waals surface area (Å²) < 4.78 is 32.9. The van der Waals surface area contributed by atoms with E-state index in [1.807, 2.05) is 13.8 Å². The molecule has 2 aliphatic heterocycles. The summed E-state index contributed by atoms with van der Waals surface area (Å²) in [6.07, 6.45) is 5.26. The second kappa shape index (κ2) is 9.91. The molecule has 2 heterocycles. The Morgan fingerprint density at radius 1 is 1.21 bits per heavy atom. The highest BCUT2D eigenvalue weighted by Gasteiger charge is 2.26. The Balaban J connectivity index is 1.83. The molecule has 0 saturated carbocycles. The summed E-state index contributed by atoms with van der Waals surface area (Å²) in [7, 11) is -3.62. The third-order valence-corrected chi connectivity index (χ3v) is 7.82.